The number of nitrogens with zero attached hydrogens (tertiary/aromatic N) is 4. The first-order valence-corrected chi connectivity index (χ1v) is 17.2. The van der Waals surface area contributed by atoms with E-state index in [-0.39, 0.29) is 0 Å². The van der Waals surface area contributed by atoms with Gasteiger partial charge in [-0.05, 0) is 66.7 Å². The summed E-state index contributed by atoms with van der Waals surface area (Å²) < 4.78 is 11.2. The van der Waals surface area contributed by atoms with Crippen molar-refractivity contribution in [2.75, 3.05) is 0 Å². The second-order valence-electron chi connectivity index (χ2n) is 13.0. The van der Waals surface area contributed by atoms with Gasteiger partial charge in [-0.15, -0.1) is 0 Å². The van der Waals surface area contributed by atoms with Crippen molar-refractivity contribution in [2.45, 2.75) is 0 Å². The van der Waals surface area contributed by atoms with E-state index in [0.29, 0.717) is 0 Å². The van der Waals surface area contributed by atoms with Crippen LogP contribution in [0.25, 0.3) is 99.4 Å². The molecular weight excluding hydrogens is 625 g/mol. The first-order valence-electron chi connectivity index (χ1n) is 17.2. The van der Waals surface area contributed by atoms with E-state index in [1.54, 1.807) is 6.20 Å². The maximum atomic E-state index is 6.40. The van der Waals surface area contributed by atoms with E-state index in [1.807, 2.05) is 12.3 Å². The van der Waals surface area contributed by atoms with Gasteiger partial charge in [0.1, 0.15) is 11.2 Å². The summed E-state index contributed by atoms with van der Waals surface area (Å²) in [4.78, 5) is 9.68. The third kappa shape index (κ3) is 4.15. The van der Waals surface area contributed by atoms with Crippen LogP contribution in [0.4, 0.5) is 0 Å². The second kappa shape index (κ2) is 10.8. The molecule has 0 spiro atoms. The standard InChI is InChI=1S/C46H28N4O/c1-5-19-41-32(11-1)33-12-2-6-20-42(33)49(41)30-25-29(26-31(27-30)50-43-21-7-3-13-34(43)35-14-4-8-22-44(35)50)39-17-10-18-40(48-39)37-16-9-15-36-38-28-47-24-23-45(38)51-46(36)37/h1-28H. The lowest BCUT2D eigenvalue weighted by Gasteiger charge is -2.16. The van der Waals surface area contributed by atoms with E-state index >= 15 is 0 Å². The van der Waals surface area contributed by atoms with Crippen LogP contribution in [0, 0.1) is 0 Å². The van der Waals surface area contributed by atoms with Gasteiger partial charge in [-0.1, -0.05) is 91.0 Å². The second-order valence-corrected chi connectivity index (χ2v) is 13.0. The Balaban J connectivity index is 1.19. The van der Waals surface area contributed by atoms with Crippen molar-refractivity contribution in [3.8, 4) is 33.9 Å². The molecular formula is C46H28N4O. The van der Waals surface area contributed by atoms with Crippen molar-refractivity contribution in [2.24, 2.45) is 0 Å². The van der Waals surface area contributed by atoms with Crippen molar-refractivity contribution in [1.82, 2.24) is 19.1 Å². The molecule has 238 valence electrons. The fraction of sp³-hybridized carbons (Fsp3) is 0. The van der Waals surface area contributed by atoms with Crippen LogP contribution in [-0.2, 0) is 0 Å². The van der Waals surface area contributed by atoms with Crippen molar-refractivity contribution < 1.29 is 4.42 Å². The van der Waals surface area contributed by atoms with Crippen molar-refractivity contribution in [3.05, 3.63) is 170 Å². The third-order valence-corrected chi connectivity index (χ3v) is 10.2. The molecule has 5 heteroatoms. The van der Waals surface area contributed by atoms with Gasteiger partial charge >= 0.3 is 0 Å². The van der Waals surface area contributed by atoms with E-state index in [9.17, 15) is 0 Å². The monoisotopic (exact) mass is 652 g/mol. The van der Waals surface area contributed by atoms with E-state index in [0.717, 1.165) is 77.9 Å². The molecule has 5 aromatic heterocycles. The van der Waals surface area contributed by atoms with Crippen molar-refractivity contribution in [3.63, 3.8) is 0 Å². The molecule has 0 aliphatic heterocycles. The van der Waals surface area contributed by atoms with Crippen LogP contribution in [0.5, 0.6) is 0 Å². The summed E-state index contributed by atoms with van der Waals surface area (Å²) >= 11 is 0. The summed E-state index contributed by atoms with van der Waals surface area (Å²) in [6.45, 7) is 0. The molecule has 0 saturated carbocycles. The molecule has 11 aromatic rings. The molecule has 0 aliphatic rings. The third-order valence-electron chi connectivity index (χ3n) is 10.2. The van der Waals surface area contributed by atoms with Gasteiger partial charge < -0.3 is 13.6 Å². The quantitative estimate of drug-likeness (QED) is 0.190. The zero-order chi connectivity index (χ0) is 33.5. The number of furan rings is 1. The highest BCUT2D eigenvalue weighted by Crippen LogP contribution is 2.39. The molecule has 5 nitrogen and oxygen atoms in total. The van der Waals surface area contributed by atoms with Gasteiger partial charge in [0, 0.05) is 67.2 Å². The summed E-state index contributed by atoms with van der Waals surface area (Å²) in [7, 11) is 0. The molecule has 0 aliphatic carbocycles. The lowest BCUT2D eigenvalue weighted by atomic mass is 10.0. The predicted molar refractivity (Wildman–Crippen MR) is 209 cm³/mol. The highest BCUT2D eigenvalue weighted by molar-refractivity contribution is 6.11. The Kier molecular flexibility index (Phi) is 5.89. The van der Waals surface area contributed by atoms with E-state index in [4.69, 9.17) is 9.40 Å². The van der Waals surface area contributed by atoms with Crippen LogP contribution in [0.3, 0.4) is 0 Å². The number of para-hydroxylation sites is 5. The molecule has 5 heterocycles. The maximum Gasteiger partial charge on any atom is 0.144 e. The molecule has 0 unspecified atom stereocenters. The van der Waals surface area contributed by atoms with Gasteiger partial charge in [0.25, 0.3) is 0 Å². The Labute approximate surface area is 292 Å². The molecule has 0 N–H and O–H groups in total. The van der Waals surface area contributed by atoms with E-state index in [1.165, 1.54) is 21.5 Å². The van der Waals surface area contributed by atoms with E-state index < -0.39 is 0 Å². The van der Waals surface area contributed by atoms with Gasteiger partial charge in [-0.3, -0.25) is 4.98 Å². The number of benzene rings is 6. The zero-order valence-corrected chi connectivity index (χ0v) is 27.4. The molecule has 0 saturated heterocycles. The highest BCUT2D eigenvalue weighted by Gasteiger charge is 2.19. The minimum Gasteiger partial charge on any atom is -0.455 e. The lowest BCUT2D eigenvalue weighted by Crippen LogP contribution is -2.00. The van der Waals surface area contributed by atoms with Crippen LogP contribution in [0.15, 0.2) is 175 Å². The minimum atomic E-state index is 0.815. The first kappa shape index (κ1) is 27.9. The summed E-state index contributed by atoms with van der Waals surface area (Å²) in [6, 6.07) is 55.9. The fourth-order valence-corrected chi connectivity index (χ4v) is 7.99. The normalized spacial score (nSPS) is 11.9. The first-order chi connectivity index (χ1) is 25.3. The van der Waals surface area contributed by atoms with Gasteiger partial charge in [-0.25, -0.2) is 4.98 Å². The van der Waals surface area contributed by atoms with Gasteiger partial charge in [-0.2, -0.15) is 0 Å². The Bertz CT molecular complexity index is 2920. The Hall–Kier alpha value is -6.98. The maximum absolute atomic E-state index is 6.40. The molecule has 0 amide bonds. The average molecular weight is 653 g/mol. The topological polar surface area (TPSA) is 48.8 Å². The van der Waals surface area contributed by atoms with Crippen molar-refractivity contribution >= 4 is 65.6 Å². The molecule has 0 radical (unpaired) electrons. The van der Waals surface area contributed by atoms with Gasteiger partial charge in [0.15, 0.2) is 0 Å². The Morgan fingerprint density at radius 3 is 1.53 bits per heavy atom. The number of rotatable bonds is 4. The summed E-state index contributed by atoms with van der Waals surface area (Å²) in [5, 5.41) is 6.94. The number of hydrogen-bond acceptors (Lipinski definition) is 3. The summed E-state index contributed by atoms with van der Waals surface area (Å²) in [5.41, 5.74) is 12.1. The number of fused-ring (bicyclic) bond motifs is 9. The smallest absolute Gasteiger partial charge is 0.144 e. The van der Waals surface area contributed by atoms with E-state index in [2.05, 4.69) is 166 Å². The lowest BCUT2D eigenvalue weighted by molar-refractivity contribution is 0.669. The SMILES string of the molecule is c1cc(-c2cc(-n3c4ccccc4c4ccccc43)cc(-n3c4ccccc4c4ccccc43)c2)nc(-c2cccc3c2oc2ccncc23)c1. The van der Waals surface area contributed by atoms with Crippen LogP contribution in [0.1, 0.15) is 0 Å². The zero-order valence-electron chi connectivity index (χ0n) is 27.4. The summed E-state index contributed by atoms with van der Waals surface area (Å²) in [5.74, 6) is 0. The van der Waals surface area contributed by atoms with Gasteiger partial charge in [0.05, 0.1) is 33.5 Å². The minimum absolute atomic E-state index is 0.815. The number of pyridine rings is 2. The molecule has 0 fully saturated rings. The van der Waals surface area contributed by atoms with Crippen molar-refractivity contribution in [1.29, 1.82) is 0 Å². The number of hydrogen-bond donors (Lipinski definition) is 0. The Morgan fingerprint density at radius 2 is 0.941 bits per heavy atom. The highest BCUT2D eigenvalue weighted by atomic mass is 16.3. The molecule has 11 rings (SSSR count). The van der Waals surface area contributed by atoms with Gasteiger partial charge in [0.2, 0.25) is 0 Å². The van der Waals surface area contributed by atoms with Crippen LogP contribution in [-0.4, -0.2) is 19.1 Å². The fourth-order valence-electron chi connectivity index (χ4n) is 7.99. The summed E-state index contributed by atoms with van der Waals surface area (Å²) in [6.07, 6.45) is 3.63. The number of aromatic nitrogens is 4. The largest absolute Gasteiger partial charge is 0.455 e. The molecule has 0 atom stereocenters. The molecule has 6 aromatic carbocycles. The predicted octanol–water partition coefficient (Wildman–Crippen LogP) is 11.9. The average Bonchev–Trinajstić information content (AvgIpc) is 3.86. The molecule has 0 bridgehead atoms. The van der Waals surface area contributed by atoms with Crippen LogP contribution >= 0.6 is 0 Å². The van der Waals surface area contributed by atoms with Crippen LogP contribution < -0.4 is 0 Å². The Morgan fingerprint density at radius 1 is 0.431 bits per heavy atom. The molecule has 51 heavy (non-hydrogen) atoms. The van der Waals surface area contributed by atoms with Crippen LogP contribution in [0.2, 0.25) is 0 Å².